The molecule has 1 N–H and O–H groups in total. The summed E-state index contributed by atoms with van der Waals surface area (Å²) in [4.78, 5) is 44.7. The van der Waals surface area contributed by atoms with Crippen molar-refractivity contribution >= 4 is 35.1 Å². The maximum absolute atomic E-state index is 14.7. The van der Waals surface area contributed by atoms with E-state index in [-0.39, 0.29) is 18.3 Å². The lowest BCUT2D eigenvalue weighted by atomic mass is 9.64. The molecular formula is C34H34N2O4. The van der Waals surface area contributed by atoms with Gasteiger partial charge >= 0.3 is 5.97 Å². The summed E-state index contributed by atoms with van der Waals surface area (Å²) in [5.74, 6) is -2.00. The monoisotopic (exact) mass is 534 g/mol. The summed E-state index contributed by atoms with van der Waals surface area (Å²) in [7, 11) is 0. The van der Waals surface area contributed by atoms with E-state index in [1.165, 1.54) is 5.56 Å². The molecule has 3 aromatic carbocycles. The van der Waals surface area contributed by atoms with Crippen LogP contribution >= 0.6 is 0 Å². The molecule has 40 heavy (non-hydrogen) atoms. The van der Waals surface area contributed by atoms with Crippen LogP contribution in [0.5, 0.6) is 0 Å². The zero-order chi connectivity index (χ0) is 27.9. The van der Waals surface area contributed by atoms with Gasteiger partial charge in [0.1, 0.15) is 11.5 Å². The van der Waals surface area contributed by atoms with E-state index >= 15 is 0 Å². The van der Waals surface area contributed by atoms with Gasteiger partial charge in [0.15, 0.2) is 5.78 Å². The molecule has 3 aliphatic heterocycles. The molecule has 6 heteroatoms. The maximum Gasteiger partial charge on any atom is 0.329 e. The molecular weight excluding hydrogens is 500 g/mol. The highest BCUT2D eigenvalue weighted by Gasteiger charge is 2.70. The number of amides is 1. The van der Waals surface area contributed by atoms with Gasteiger partial charge in [0.05, 0.1) is 18.6 Å². The Morgan fingerprint density at radius 3 is 2.48 bits per heavy atom. The number of rotatable bonds is 8. The third-order valence-electron chi connectivity index (χ3n) is 8.66. The van der Waals surface area contributed by atoms with Crippen molar-refractivity contribution in [3.05, 3.63) is 101 Å². The van der Waals surface area contributed by atoms with Gasteiger partial charge in [0.25, 0.3) is 0 Å². The van der Waals surface area contributed by atoms with Crippen molar-refractivity contribution in [3.8, 4) is 0 Å². The number of Topliss-reactive ketones (excluding diaryl/α,β-unsaturated/α-hetero) is 1. The van der Waals surface area contributed by atoms with Crippen molar-refractivity contribution in [2.45, 2.75) is 57.0 Å². The summed E-state index contributed by atoms with van der Waals surface area (Å²) in [5, 5.41) is 3.05. The molecule has 204 valence electrons. The van der Waals surface area contributed by atoms with E-state index in [1.807, 2.05) is 89.8 Å². The number of ether oxygens (including phenoxy) is 1. The van der Waals surface area contributed by atoms with Crippen LogP contribution in [-0.4, -0.2) is 36.4 Å². The van der Waals surface area contributed by atoms with Gasteiger partial charge in [-0.2, -0.15) is 0 Å². The standard InChI is InChI=1S/C34H34N2O4/c1-3-5-6-11-22-16-18-24(19-17-22)31(37)29-30(32(38)40-4-2)36-27-15-10-7-12-23(27)20-21-28(36)34(29)25-13-8-9-14-26(25)35-33(34)39/h7-10,12-21,28-30H,3-6,11H2,1-2H3,(H,35,39)/t28-,29+,30+,34+/m1/s1. The number of carbonyl (C=O) groups excluding carboxylic acids is 3. The number of nitrogens with one attached hydrogen (secondary N) is 1. The second-order valence-corrected chi connectivity index (χ2v) is 10.8. The van der Waals surface area contributed by atoms with Crippen molar-refractivity contribution in [2.75, 3.05) is 16.8 Å². The minimum Gasteiger partial charge on any atom is -0.464 e. The number of nitrogens with zero attached hydrogens (tertiary/aromatic N) is 1. The molecule has 1 amide bonds. The van der Waals surface area contributed by atoms with Crippen molar-refractivity contribution in [1.29, 1.82) is 0 Å². The van der Waals surface area contributed by atoms with Gasteiger partial charge in [-0.15, -0.1) is 0 Å². The highest BCUT2D eigenvalue weighted by molar-refractivity contribution is 6.16. The fourth-order valence-electron chi connectivity index (χ4n) is 6.91. The maximum atomic E-state index is 14.7. The number of hydrogen-bond acceptors (Lipinski definition) is 5. The van der Waals surface area contributed by atoms with Crippen LogP contribution in [0.15, 0.2) is 78.9 Å². The summed E-state index contributed by atoms with van der Waals surface area (Å²) in [6.07, 6.45) is 8.32. The minimum absolute atomic E-state index is 0.175. The summed E-state index contributed by atoms with van der Waals surface area (Å²) in [6.45, 7) is 4.11. The predicted molar refractivity (Wildman–Crippen MR) is 156 cm³/mol. The molecule has 1 spiro atoms. The first-order chi connectivity index (χ1) is 19.5. The lowest BCUT2D eigenvalue weighted by Gasteiger charge is -2.37. The van der Waals surface area contributed by atoms with Crippen LogP contribution in [0.4, 0.5) is 11.4 Å². The molecule has 1 saturated heterocycles. The number of hydrogen-bond donors (Lipinski definition) is 1. The van der Waals surface area contributed by atoms with Crippen LogP contribution in [0.3, 0.4) is 0 Å². The average molecular weight is 535 g/mol. The van der Waals surface area contributed by atoms with Crippen molar-refractivity contribution in [1.82, 2.24) is 0 Å². The Morgan fingerprint density at radius 1 is 0.950 bits per heavy atom. The largest absolute Gasteiger partial charge is 0.464 e. The average Bonchev–Trinajstić information content (AvgIpc) is 3.46. The molecule has 3 aliphatic rings. The molecule has 0 aromatic heterocycles. The molecule has 0 saturated carbocycles. The second-order valence-electron chi connectivity index (χ2n) is 10.8. The lowest BCUT2D eigenvalue weighted by molar-refractivity contribution is -0.145. The van der Waals surface area contributed by atoms with Gasteiger partial charge in [-0.05, 0) is 48.6 Å². The zero-order valence-corrected chi connectivity index (χ0v) is 22.9. The van der Waals surface area contributed by atoms with E-state index in [4.69, 9.17) is 4.74 Å². The fourth-order valence-corrected chi connectivity index (χ4v) is 6.91. The number of ketones is 1. The zero-order valence-electron chi connectivity index (χ0n) is 22.9. The number of unbranched alkanes of at least 4 members (excludes halogenated alkanes) is 2. The number of fused-ring (bicyclic) bond motifs is 6. The molecule has 3 aromatic rings. The summed E-state index contributed by atoms with van der Waals surface area (Å²) in [6, 6.07) is 21.5. The Kier molecular flexibility index (Phi) is 6.78. The number of aryl methyl sites for hydroxylation is 1. The third-order valence-corrected chi connectivity index (χ3v) is 8.66. The lowest BCUT2D eigenvalue weighted by Crippen LogP contribution is -2.51. The first-order valence-corrected chi connectivity index (χ1v) is 14.3. The van der Waals surface area contributed by atoms with Gasteiger partial charge in [-0.3, -0.25) is 9.59 Å². The van der Waals surface area contributed by atoms with E-state index in [0.717, 1.165) is 42.5 Å². The number of benzene rings is 3. The minimum atomic E-state index is -1.31. The van der Waals surface area contributed by atoms with Crippen LogP contribution in [0.2, 0.25) is 0 Å². The molecule has 3 heterocycles. The number of esters is 1. The molecule has 4 atom stereocenters. The Bertz CT molecular complexity index is 1490. The smallest absolute Gasteiger partial charge is 0.329 e. The highest BCUT2D eigenvalue weighted by Crippen LogP contribution is 2.57. The topological polar surface area (TPSA) is 75.7 Å². The highest BCUT2D eigenvalue weighted by atomic mass is 16.5. The third kappa shape index (κ3) is 3.88. The molecule has 0 unspecified atom stereocenters. The summed E-state index contributed by atoms with van der Waals surface area (Å²) in [5.41, 5.74) is 3.51. The van der Waals surface area contributed by atoms with Gasteiger partial charge < -0.3 is 15.0 Å². The predicted octanol–water partition coefficient (Wildman–Crippen LogP) is 5.96. The SMILES string of the molecule is CCCCCc1ccc(C(=O)[C@@H]2[C@@H](C(=O)OCC)N3c4ccccc4C=C[C@@H]3[C@]23C(=O)Nc2ccccc23)cc1. The summed E-state index contributed by atoms with van der Waals surface area (Å²) < 4.78 is 5.62. The van der Waals surface area contributed by atoms with E-state index in [2.05, 4.69) is 12.2 Å². The van der Waals surface area contributed by atoms with Crippen LogP contribution in [0.1, 0.15) is 60.2 Å². The van der Waals surface area contributed by atoms with Crippen molar-refractivity contribution in [2.24, 2.45) is 5.92 Å². The van der Waals surface area contributed by atoms with Crippen molar-refractivity contribution < 1.29 is 19.1 Å². The first-order valence-electron chi connectivity index (χ1n) is 14.3. The first kappa shape index (κ1) is 26.1. The van der Waals surface area contributed by atoms with Crippen LogP contribution < -0.4 is 10.2 Å². The summed E-state index contributed by atoms with van der Waals surface area (Å²) >= 11 is 0. The Labute approximate surface area is 235 Å². The normalized spacial score (nSPS) is 23.9. The van der Waals surface area contributed by atoms with E-state index in [0.29, 0.717) is 11.3 Å². The van der Waals surface area contributed by atoms with Crippen molar-refractivity contribution in [3.63, 3.8) is 0 Å². The van der Waals surface area contributed by atoms with Gasteiger partial charge in [-0.1, -0.05) is 92.6 Å². The van der Waals surface area contributed by atoms with Crippen LogP contribution in [-0.2, 0) is 26.2 Å². The van der Waals surface area contributed by atoms with Gasteiger partial charge in [0, 0.05) is 16.9 Å². The molecule has 0 radical (unpaired) electrons. The Morgan fingerprint density at radius 2 is 1.70 bits per heavy atom. The number of carbonyl (C=O) groups is 3. The molecule has 0 aliphatic carbocycles. The molecule has 6 rings (SSSR count). The molecule has 6 nitrogen and oxygen atoms in total. The fraction of sp³-hybridized carbons (Fsp3) is 0.324. The quantitative estimate of drug-likeness (QED) is 0.219. The number of anilines is 2. The van der Waals surface area contributed by atoms with Crippen LogP contribution in [0.25, 0.3) is 6.08 Å². The van der Waals surface area contributed by atoms with Crippen LogP contribution in [0, 0.1) is 5.92 Å². The molecule has 1 fully saturated rings. The number of para-hydroxylation sites is 2. The van der Waals surface area contributed by atoms with Gasteiger partial charge in [0.2, 0.25) is 5.91 Å². The van der Waals surface area contributed by atoms with E-state index < -0.39 is 29.4 Å². The second kappa shape index (κ2) is 10.4. The van der Waals surface area contributed by atoms with Gasteiger partial charge in [-0.25, -0.2) is 4.79 Å². The Hall–Kier alpha value is -4.19. The van der Waals surface area contributed by atoms with E-state index in [9.17, 15) is 14.4 Å². The Balaban J connectivity index is 1.53. The van der Waals surface area contributed by atoms with E-state index in [1.54, 1.807) is 6.92 Å². The molecule has 0 bridgehead atoms.